The van der Waals surface area contributed by atoms with Crippen molar-refractivity contribution < 1.29 is 4.79 Å². The summed E-state index contributed by atoms with van der Waals surface area (Å²) in [6, 6.07) is 0.801. The molecule has 0 atom stereocenters. The van der Waals surface area contributed by atoms with Crippen LogP contribution in [0.25, 0.3) is 0 Å². The maximum atomic E-state index is 11.3. The van der Waals surface area contributed by atoms with Gasteiger partial charge in [0, 0.05) is 25.4 Å². The first-order chi connectivity index (χ1) is 6.86. The number of likely N-dealkylation sites (tertiary alicyclic amines) is 1. The molecule has 0 bridgehead atoms. The molecule has 0 aromatic carbocycles. The van der Waals surface area contributed by atoms with Gasteiger partial charge in [-0.05, 0) is 25.8 Å². The highest BCUT2D eigenvalue weighted by atomic mass is 16.1. The maximum Gasteiger partial charge on any atom is 0.134 e. The van der Waals surface area contributed by atoms with Gasteiger partial charge in [-0.15, -0.1) is 0 Å². The van der Waals surface area contributed by atoms with Crippen LogP contribution >= 0.6 is 0 Å². The normalized spacial score (nSPS) is 27.6. The molecule has 0 aromatic heterocycles. The number of carbonyl (C=O) groups excluding carboxylic acids is 1. The number of nitrogens with zero attached hydrogens (tertiary/aromatic N) is 1. The lowest BCUT2D eigenvalue weighted by molar-refractivity contribution is -0.118. The molecule has 2 rings (SSSR count). The standard InChI is InChI=1S/C12H21NO/c14-12-7-4-9-13(10-8-12)11-5-2-1-3-6-11/h11H,1-10H2. The summed E-state index contributed by atoms with van der Waals surface area (Å²) in [5, 5.41) is 0. The highest BCUT2D eigenvalue weighted by Gasteiger charge is 2.23. The van der Waals surface area contributed by atoms with E-state index < -0.39 is 0 Å². The second kappa shape index (κ2) is 4.92. The van der Waals surface area contributed by atoms with Gasteiger partial charge in [0.1, 0.15) is 5.78 Å². The van der Waals surface area contributed by atoms with Crippen molar-refractivity contribution in [2.24, 2.45) is 0 Å². The van der Waals surface area contributed by atoms with E-state index in [9.17, 15) is 4.79 Å². The zero-order valence-electron chi connectivity index (χ0n) is 9.00. The van der Waals surface area contributed by atoms with E-state index in [2.05, 4.69) is 4.90 Å². The largest absolute Gasteiger partial charge is 0.300 e. The second-order valence-electron chi connectivity index (χ2n) is 4.72. The SMILES string of the molecule is O=C1CCCN(C2CCCCC2)CC1. The highest BCUT2D eigenvalue weighted by Crippen LogP contribution is 2.24. The second-order valence-corrected chi connectivity index (χ2v) is 4.72. The Labute approximate surface area is 86.7 Å². The summed E-state index contributed by atoms with van der Waals surface area (Å²) in [6.07, 6.45) is 9.67. The summed E-state index contributed by atoms with van der Waals surface area (Å²) in [4.78, 5) is 13.9. The maximum absolute atomic E-state index is 11.3. The van der Waals surface area contributed by atoms with Crippen LogP contribution in [0, 0.1) is 0 Å². The Hall–Kier alpha value is -0.370. The van der Waals surface area contributed by atoms with Gasteiger partial charge >= 0.3 is 0 Å². The van der Waals surface area contributed by atoms with Crippen molar-refractivity contribution in [2.75, 3.05) is 13.1 Å². The fraction of sp³-hybridized carbons (Fsp3) is 0.917. The lowest BCUT2D eigenvalue weighted by Crippen LogP contribution is -2.37. The predicted octanol–water partition coefficient (Wildman–Crippen LogP) is 2.37. The van der Waals surface area contributed by atoms with E-state index in [1.165, 1.54) is 32.1 Å². The summed E-state index contributed by atoms with van der Waals surface area (Å²) in [5.41, 5.74) is 0. The van der Waals surface area contributed by atoms with Gasteiger partial charge in [0.25, 0.3) is 0 Å². The molecule has 0 radical (unpaired) electrons. The molecule has 2 fully saturated rings. The zero-order valence-corrected chi connectivity index (χ0v) is 9.00. The molecular weight excluding hydrogens is 174 g/mol. The van der Waals surface area contributed by atoms with Crippen LogP contribution in [0.3, 0.4) is 0 Å². The molecule has 2 heteroatoms. The Bertz CT molecular complexity index is 196. The van der Waals surface area contributed by atoms with Gasteiger partial charge in [0.05, 0.1) is 0 Å². The molecule has 80 valence electrons. The van der Waals surface area contributed by atoms with E-state index >= 15 is 0 Å². The summed E-state index contributed by atoms with van der Waals surface area (Å²) in [6.45, 7) is 2.19. The summed E-state index contributed by atoms with van der Waals surface area (Å²) in [7, 11) is 0. The molecule has 14 heavy (non-hydrogen) atoms. The van der Waals surface area contributed by atoms with Crippen LogP contribution in [-0.2, 0) is 4.79 Å². The fourth-order valence-corrected chi connectivity index (χ4v) is 2.80. The van der Waals surface area contributed by atoms with E-state index in [1.54, 1.807) is 0 Å². The number of Topliss-reactive ketones (excluding diaryl/α,β-unsaturated/α-hetero) is 1. The topological polar surface area (TPSA) is 20.3 Å². The fourth-order valence-electron chi connectivity index (χ4n) is 2.80. The molecule has 1 saturated carbocycles. The monoisotopic (exact) mass is 195 g/mol. The Morgan fingerprint density at radius 3 is 2.50 bits per heavy atom. The van der Waals surface area contributed by atoms with Crippen molar-refractivity contribution in [1.29, 1.82) is 0 Å². The highest BCUT2D eigenvalue weighted by molar-refractivity contribution is 5.78. The molecule has 1 saturated heterocycles. The van der Waals surface area contributed by atoms with Crippen LogP contribution in [-0.4, -0.2) is 29.8 Å². The van der Waals surface area contributed by atoms with Crippen LogP contribution in [0.2, 0.25) is 0 Å². The lowest BCUT2D eigenvalue weighted by atomic mass is 9.94. The van der Waals surface area contributed by atoms with Gasteiger partial charge in [0.15, 0.2) is 0 Å². The first kappa shape index (κ1) is 10.2. The summed E-state index contributed by atoms with van der Waals surface area (Å²) < 4.78 is 0. The molecule has 0 unspecified atom stereocenters. The van der Waals surface area contributed by atoms with Crippen molar-refractivity contribution in [1.82, 2.24) is 4.90 Å². The Morgan fingerprint density at radius 2 is 1.71 bits per heavy atom. The minimum atomic E-state index is 0.475. The molecular formula is C12H21NO. The van der Waals surface area contributed by atoms with Crippen molar-refractivity contribution in [3.05, 3.63) is 0 Å². The van der Waals surface area contributed by atoms with Crippen LogP contribution in [0.4, 0.5) is 0 Å². The van der Waals surface area contributed by atoms with E-state index in [-0.39, 0.29) is 0 Å². The number of ketones is 1. The van der Waals surface area contributed by atoms with Gasteiger partial charge in [-0.3, -0.25) is 9.69 Å². The molecule has 1 aliphatic carbocycles. The molecule has 2 nitrogen and oxygen atoms in total. The lowest BCUT2D eigenvalue weighted by Gasteiger charge is -2.33. The molecule has 0 aromatic rings. The van der Waals surface area contributed by atoms with Crippen LogP contribution < -0.4 is 0 Å². The number of rotatable bonds is 1. The number of hydrogen-bond donors (Lipinski definition) is 0. The van der Waals surface area contributed by atoms with Crippen LogP contribution in [0.15, 0.2) is 0 Å². The van der Waals surface area contributed by atoms with Gasteiger partial charge in [0.2, 0.25) is 0 Å². The van der Waals surface area contributed by atoms with E-state index in [0.717, 1.165) is 38.4 Å². The first-order valence-electron chi connectivity index (χ1n) is 6.12. The third kappa shape index (κ3) is 2.57. The predicted molar refractivity (Wildman–Crippen MR) is 57.3 cm³/mol. The van der Waals surface area contributed by atoms with Crippen molar-refractivity contribution in [3.8, 4) is 0 Å². The molecule has 0 spiro atoms. The van der Waals surface area contributed by atoms with Crippen LogP contribution in [0.5, 0.6) is 0 Å². The third-order valence-corrected chi connectivity index (χ3v) is 3.67. The number of carbonyl (C=O) groups is 1. The van der Waals surface area contributed by atoms with Crippen LogP contribution in [0.1, 0.15) is 51.4 Å². The van der Waals surface area contributed by atoms with E-state index in [4.69, 9.17) is 0 Å². The Morgan fingerprint density at radius 1 is 0.929 bits per heavy atom. The molecule has 2 aliphatic rings. The van der Waals surface area contributed by atoms with Gasteiger partial charge in [-0.2, -0.15) is 0 Å². The summed E-state index contributed by atoms with van der Waals surface area (Å²) >= 11 is 0. The average molecular weight is 195 g/mol. The van der Waals surface area contributed by atoms with E-state index in [1.807, 2.05) is 0 Å². The van der Waals surface area contributed by atoms with E-state index in [0.29, 0.717) is 5.78 Å². The third-order valence-electron chi connectivity index (χ3n) is 3.67. The molecule has 1 aliphatic heterocycles. The number of hydrogen-bond acceptors (Lipinski definition) is 2. The molecule has 0 N–H and O–H groups in total. The molecule has 0 amide bonds. The summed E-state index contributed by atoms with van der Waals surface area (Å²) in [5.74, 6) is 0.475. The Balaban J connectivity index is 1.86. The van der Waals surface area contributed by atoms with Gasteiger partial charge < -0.3 is 0 Å². The first-order valence-corrected chi connectivity index (χ1v) is 6.12. The minimum absolute atomic E-state index is 0.475. The van der Waals surface area contributed by atoms with Crippen molar-refractivity contribution in [2.45, 2.75) is 57.4 Å². The van der Waals surface area contributed by atoms with Gasteiger partial charge in [-0.25, -0.2) is 0 Å². The smallest absolute Gasteiger partial charge is 0.134 e. The zero-order chi connectivity index (χ0) is 9.80. The average Bonchev–Trinajstić information content (AvgIpc) is 2.44. The Kier molecular flexibility index (Phi) is 3.57. The van der Waals surface area contributed by atoms with Crippen molar-refractivity contribution in [3.63, 3.8) is 0 Å². The molecule has 1 heterocycles. The van der Waals surface area contributed by atoms with Gasteiger partial charge in [-0.1, -0.05) is 19.3 Å². The minimum Gasteiger partial charge on any atom is -0.300 e. The van der Waals surface area contributed by atoms with Crippen molar-refractivity contribution >= 4 is 5.78 Å². The quantitative estimate of drug-likeness (QED) is 0.640.